The second-order valence-electron chi connectivity index (χ2n) is 4.92. The summed E-state index contributed by atoms with van der Waals surface area (Å²) >= 11 is 3.41. The molecule has 0 fully saturated rings. The number of hydrogen-bond acceptors (Lipinski definition) is 5. The van der Waals surface area contributed by atoms with E-state index in [-0.39, 0.29) is 0 Å². The van der Waals surface area contributed by atoms with E-state index < -0.39 is 0 Å². The van der Waals surface area contributed by atoms with Gasteiger partial charge in [0.25, 0.3) is 0 Å². The number of nitrogens with zero attached hydrogens (tertiary/aromatic N) is 2. The monoisotopic (exact) mass is 330 g/mol. The molecule has 2 aromatic heterocycles. The van der Waals surface area contributed by atoms with Gasteiger partial charge < -0.3 is 4.74 Å². The number of rotatable bonds is 6. The van der Waals surface area contributed by atoms with Crippen molar-refractivity contribution in [2.24, 2.45) is 0 Å². The van der Waals surface area contributed by atoms with E-state index in [4.69, 9.17) is 4.74 Å². The summed E-state index contributed by atoms with van der Waals surface area (Å²) in [7, 11) is 0. The summed E-state index contributed by atoms with van der Waals surface area (Å²) in [5.41, 5.74) is 3.71. The maximum atomic E-state index is 5.42. The molecule has 22 heavy (non-hydrogen) atoms. The molecule has 0 N–H and O–H groups in total. The van der Waals surface area contributed by atoms with E-state index in [0.717, 1.165) is 34.2 Å². The number of hydrogen-bond donors (Lipinski definition) is 0. The Labute approximate surface area is 138 Å². The molecule has 3 rings (SSSR count). The zero-order valence-corrected chi connectivity index (χ0v) is 14.3. The van der Waals surface area contributed by atoms with Gasteiger partial charge in [0.15, 0.2) is 0 Å². The van der Waals surface area contributed by atoms with Crippen molar-refractivity contribution < 1.29 is 4.74 Å². The van der Waals surface area contributed by atoms with Gasteiger partial charge in [-0.25, -0.2) is 9.97 Å². The van der Waals surface area contributed by atoms with Crippen LogP contribution in [0.1, 0.15) is 12.5 Å². The molecule has 0 aliphatic rings. The Morgan fingerprint density at radius 2 is 2.00 bits per heavy atom. The van der Waals surface area contributed by atoms with E-state index in [9.17, 15) is 0 Å². The van der Waals surface area contributed by atoms with Crippen molar-refractivity contribution in [2.75, 3.05) is 19.0 Å². The molecule has 0 spiro atoms. The number of fused-ring (bicyclic) bond motifs is 1. The van der Waals surface area contributed by atoms with Gasteiger partial charge >= 0.3 is 0 Å². The maximum Gasteiger partial charge on any atom is 0.128 e. The van der Waals surface area contributed by atoms with Gasteiger partial charge in [-0.1, -0.05) is 29.8 Å². The van der Waals surface area contributed by atoms with E-state index in [1.165, 1.54) is 16.7 Å². The molecule has 0 unspecified atom stereocenters. The third-order valence-corrected chi connectivity index (χ3v) is 5.21. The quantitative estimate of drug-likeness (QED) is 0.369. The molecule has 3 aromatic rings. The normalized spacial score (nSPS) is 11.2. The van der Waals surface area contributed by atoms with E-state index in [0.29, 0.717) is 0 Å². The average Bonchev–Trinajstić information content (AvgIpc) is 2.97. The number of thioether (sulfide) groups is 1. The first-order chi connectivity index (χ1) is 10.8. The van der Waals surface area contributed by atoms with Crippen LogP contribution in [-0.4, -0.2) is 28.9 Å². The van der Waals surface area contributed by atoms with Crippen molar-refractivity contribution in [3.8, 4) is 11.1 Å². The molecular weight excluding hydrogens is 312 g/mol. The number of aryl methyl sites for hydroxylation is 1. The van der Waals surface area contributed by atoms with Crippen LogP contribution >= 0.6 is 23.1 Å². The molecule has 0 amide bonds. The highest BCUT2D eigenvalue weighted by atomic mass is 32.2. The largest absolute Gasteiger partial charge is 0.381 e. The molecule has 114 valence electrons. The van der Waals surface area contributed by atoms with E-state index in [1.54, 1.807) is 29.4 Å². The fraction of sp³-hybridized carbons (Fsp3) is 0.294. The zero-order chi connectivity index (χ0) is 15.4. The van der Waals surface area contributed by atoms with Crippen LogP contribution in [0.15, 0.2) is 41.0 Å². The summed E-state index contributed by atoms with van der Waals surface area (Å²) in [6.07, 6.45) is 1.65. The smallest absolute Gasteiger partial charge is 0.128 e. The Morgan fingerprint density at radius 3 is 2.77 bits per heavy atom. The third kappa shape index (κ3) is 3.32. The first kappa shape index (κ1) is 15.5. The van der Waals surface area contributed by atoms with Gasteiger partial charge in [-0.2, -0.15) is 0 Å². The topological polar surface area (TPSA) is 35.0 Å². The molecule has 0 saturated heterocycles. The highest BCUT2D eigenvalue weighted by Crippen LogP contribution is 2.37. The lowest BCUT2D eigenvalue weighted by Gasteiger charge is -2.06. The summed E-state index contributed by atoms with van der Waals surface area (Å²) in [5, 5.41) is 4.38. The van der Waals surface area contributed by atoms with Crippen molar-refractivity contribution in [2.45, 2.75) is 18.9 Å². The summed E-state index contributed by atoms with van der Waals surface area (Å²) in [6, 6.07) is 8.62. The molecule has 0 aliphatic carbocycles. The standard InChI is InChI=1S/C17H18N2OS2/c1-3-20-8-9-21-16-15-14(10-22-17(15)19-11-18-16)13-6-4-12(2)5-7-13/h4-7,10-11H,3,8-9H2,1-2H3. The summed E-state index contributed by atoms with van der Waals surface area (Å²) in [5.74, 6) is 0.906. The van der Waals surface area contributed by atoms with Crippen LogP contribution in [0.3, 0.4) is 0 Å². The van der Waals surface area contributed by atoms with Crippen molar-refractivity contribution in [1.82, 2.24) is 9.97 Å². The zero-order valence-electron chi connectivity index (χ0n) is 12.7. The van der Waals surface area contributed by atoms with Crippen LogP contribution in [0.4, 0.5) is 0 Å². The minimum absolute atomic E-state index is 0.747. The molecule has 0 aliphatic heterocycles. The molecule has 0 radical (unpaired) electrons. The van der Waals surface area contributed by atoms with Crippen LogP contribution in [0.25, 0.3) is 21.3 Å². The lowest BCUT2D eigenvalue weighted by atomic mass is 10.1. The van der Waals surface area contributed by atoms with Crippen LogP contribution in [-0.2, 0) is 4.74 Å². The number of thiophene rings is 1. The first-order valence-corrected chi connectivity index (χ1v) is 9.16. The predicted octanol–water partition coefficient (Wildman–Crippen LogP) is 4.80. The Morgan fingerprint density at radius 1 is 1.18 bits per heavy atom. The van der Waals surface area contributed by atoms with Crippen molar-refractivity contribution in [1.29, 1.82) is 0 Å². The van der Waals surface area contributed by atoms with Gasteiger partial charge in [0.1, 0.15) is 16.2 Å². The first-order valence-electron chi connectivity index (χ1n) is 7.29. The molecule has 1 aromatic carbocycles. The average molecular weight is 330 g/mol. The lowest BCUT2D eigenvalue weighted by molar-refractivity contribution is 0.164. The van der Waals surface area contributed by atoms with E-state index >= 15 is 0 Å². The second kappa shape index (κ2) is 7.22. The van der Waals surface area contributed by atoms with Gasteiger partial charge in [-0.05, 0) is 19.4 Å². The van der Waals surface area contributed by atoms with Crippen LogP contribution in [0.5, 0.6) is 0 Å². The second-order valence-corrected chi connectivity index (χ2v) is 6.86. The van der Waals surface area contributed by atoms with Gasteiger partial charge in [-0.15, -0.1) is 23.1 Å². The molecule has 0 bridgehead atoms. The number of ether oxygens (including phenoxy) is 1. The van der Waals surface area contributed by atoms with Gasteiger partial charge in [0, 0.05) is 23.3 Å². The van der Waals surface area contributed by atoms with Crippen LogP contribution in [0.2, 0.25) is 0 Å². The Kier molecular flexibility index (Phi) is 5.08. The summed E-state index contributed by atoms with van der Waals surface area (Å²) in [4.78, 5) is 9.94. The van der Waals surface area contributed by atoms with Gasteiger partial charge in [-0.3, -0.25) is 0 Å². The highest BCUT2D eigenvalue weighted by molar-refractivity contribution is 7.99. The van der Waals surface area contributed by atoms with Gasteiger partial charge in [0.05, 0.1) is 12.0 Å². The minimum atomic E-state index is 0.747. The molecule has 0 atom stereocenters. The highest BCUT2D eigenvalue weighted by Gasteiger charge is 2.13. The summed E-state index contributed by atoms with van der Waals surface area (Å²) in [6.45, 7) is 5.62. The number of benzene rings is 1. The molecule has 2 heterocycles. The van der Waals surface area contributed by atoms with E-state index in [2.05, 4.69) is 46.5 Å². The molecule has 3 nitrogen and oxygen atoms in total. The Hall–Kier alpha value is -1.43. The SMILES string of the molecule is CCOCCSc1ncnc2scc(-c3ccc(C)cc3)c12. The summed E-state index contributed by atoms with van der Waals surface area (Å²) < 4.78 is 5.42. The van der Waals surface area contributed by atoms with Gasteiger partial charge in [0.2, 0.25) is 0 Å². The molecule has 5 heteroatoms. The fourth-order valence-corrected chi connectivity index (χ4v) is 4.09. The Balaban J connectivity index is 1.95. The lowest BCUT2D eigenvalue weighted by Crippen LogP contribution is -1.96. The molecule has 0 saturated carbocycles. The van der Waals surface area contributed by atoms with Crippen LogP contribution < -0.4 is 0 Å². The van der Waals surface area contributed by atoms with Crippen molar-refractivity contribution in [3.05, 3.63) is 41.5 Å². The van der Waals surface area contributed by atoms with Crippen LogP contribution in [0, 0.1) is 6.92 Å². The minimum Gasteiger partial charge on any atom is -0.381 e. The van der Waals surface area contributed by atoms with E-state index in [1.807, 2.05) is 6.92 Å². The third-order valence-electron chi connectivity index (χ3n) is 3.37. The fourth-order valence-electron chi connectivity index (χ4n) is 2.24. The van der Waals surface area contributed by atoms with Crippen molar-refractivity contribution >= 4 is 33.3 Å². The number of aromatic nitrogens is 2. The Bertz CT molecular complexity index is 753. The maximum absolute atomic E-state index is 5.42. The van der Waals surface area contributed by atoms with Crippen molar-refractivity contribution in [3.63, 3.8) is 0 Å². The predicted molar refractivity (Wildman–Crippen MR) is 94.8 cm³/mol. The molecular formula is C17H18N2OS2.